The predicted molar refractivity (Wildman–Crippen MR) is 105 cm³/mol. The highest BCUT2D eigenvalue weighted by Gasteiger charge is 2.09. The third kappa shape index (κ3) is 4.73. The molecule has 28 heavy (non-hydrogen) atoms. The minimum atomic E-state index is -0.602. The van der Waals surface area contributed by atoms with Crippen LogP contribution < -0.4 is 20.5 Å². The van der Waals surface area contributed by atoms with E-state index in [1.165, 1.54) is 6.20 Å². The summed E-state index contributed by atoms with van der Waals surface area (Å²) in [5.41, 5.74) is 1.16. The minimum absolute atomic E-state index is 0.234. The molecule has 1 aromatic heterocycles. The highest BCUT2D eigenvalue weighted by Crippen LogP contribution is 2.19. The maximum absolute atomic E-state index is 12.2. The number of methoxy groups -OCH3 is 1. The second kappa shape index (κ2) is 8.81. The largest absolute Gasteiger partial charge is 0.497 e. The fraction of sp³-hybridized carbons (Fsp3) is 0.200. The number of benzene rings is 2. The Hall–Kier alpha value is -3.68. The normalized spacial score (nSPS) is 10.4. The Bertz CT molecular complexity index is 998. The first kappa shape index (κ1) is 19.1. The molecule has 0 fully saturated rings. The Morgan fingerprint density at radius 3 is 2.36 bits per heavy atom. The molecule has 0 aliphatic carbocycles. The smallest absolute Gasteiger partial charge is 0.365 e. The maximum atomic E-state index is 12.2. The number of amides is 1. The van der Waals surface area contributed by atoms with Crippen molar-refractivity contribution < 1.29 is 14.3 Å². The third-order valence-electron chi connectivity index (χ3n) is 3.88. The number of nitrogens with one attached hydrogen (secondary N) is 1. The van der Waals surface area contributed by atoms with Gasteiger partial charge in [0.1, 0.15) is 18.0 Å². The van der Waals surface area contributed by atoms with Crippen LogP contribution in [-0.4, -0.2) is 34.4 Å². The van der Waals surface area contributed by atoms with Crippen LogP contribution >= 0.6 is 0 Å². The average molecular weight is 380 g/mol. The first-order valence-corrected chi connectivity index (χ1v) is 8.70. The molecule has 0 saturated heterocycles. The van der Waals surface area contributed by atoms with Gasteiger partial charge in [-0.1, -0.05) is 0 Å². The summed E-state index contributed by atoms with van der Waals surface area (Å²) in [6.45, 7) is 2.23. The van der Waals surface area contributed by atoms with Crippen LogP contribution in [0.2, 0.25) is 0 Å². The van der Waals surface area contributed by atoms with Crippen molar-refractivity contribution in [2.24, 2.45) is 0 Å². The number of rotatable bonds is 7. The van der Waals surface area contributed by atoms with Crippen LogP contribution in [-0.2, 0) is 11.3 Å². The lowest BCUT2D eigenvalue weighted by Gasteiger charge is -2.08. The van der Waals surface area contributed by atoms with Crippen LogP contribution in [0.5, 0.6) is 11.5 Å². The van der Waals surface area contributed by atoms with Gasteiger partial charge in [0.05, 0.1) is 25.6 Å². The number of hydrogen-bond acceptors (Lipinski definition) is 6. The first-order valence-electron chi connectivity index (χ1n) is 8.70. The summed E-state index contributed by atoms with van der Waals surface area (Å²) in [4.78, 5) is 28.4. The van der Waals surface area contributed by atoms with Crippen LogP contribution in [0.25, 0.3) is 11.3 Å². The van der Waals surface area contributed by atoms with Crippen LogP contribution in [0.4, 0.5) is 5.69 Å². The van der Waals surface area contributed by atoms with Gasteiger partial charge < -0.3 is 14.8 Å². The van der Waals surface area contributed by atoms with E-state index in [0.717, 1.165) is 16.0 Å². The van der Waals surface area contributed by atoms with Crippen LogP contribution in [0.1, 0.15) is 6.92 Å². The van der Waals surface area contributed by atoms with E-state index < -0.39 is 5.69 Å². The lowest BCUT2D eigenvalue weighted by Crippen LogP contribution is -2.31. The summed E-state index contributed by atoms with van der Waals surface area (Å²) in [5, 5.41) is 6.76. The lowest BCUT2D eigenvalue weighted by molar-refractivity contribution is -0.117. The zero-order chi connectivity index (χ0) is 19.9. The molecule has 0 aliphatic rings. The third-order valence-corrected chi connectivity index (χ3v) is 3.88. The van der Waals surface area contributed by atoms with E-state index in [1.54, 1.807) is 55.6 Å². The summed E-state index contributed by atoms with van der Waals surface area (Å²) in [5.74, 6) is 1.05. The maximum Gasteiger partial charge on any atom is 0.365 e. The summed E-state index contributed by atoms with van der Waals surface area (Å²) < 4.78 is 11.5. The molecule has 1 N–H and O–H groups in total. The molecule has 0 spiro atoms. The Morgan fingerprint density at radius 2 is 1.75 bits per heavy atom. The summed E-state index contributed by atoms with van der Waals surface area (Å²) in [7, 11) is 1.58. The van der Waals surface area contributed by atoms with Crippen molar-refractivity contribution in [1.82, 2.24) is 14.8 Å². The van der Waals surface area contributed by atoms with Crippen molar-refractivity contribution in [2.45, 2.75) is 13.5 Å². The molecule has 2 aromatic carbocycles. The van der Waals surface area contributed by atoms with E-state index in [2.05, 4.69) is 15.4 Å². The SMILES string of the molecule is CCOc1ccc(NC(=O)Cn2ncc(-c3ccc(OC)cc3)nc2=O)cc1. The highest BCUT2D eigenvalue weighted by molar-refractivity contribution is 5.90. The fourth-order valence-corrected chi connectivity index (χ4v) is 2.51. The van der Waals surface area contributed by atoms with Gasteiger partial charge in [0.25, 0.3) is 0 Å². The van der Waals surface area contributed by atoms with Crippen LogP contribution in [0.3, 0.4) is 0 Å². The molecule has 8 heteroatoms. The summed E-state index contributed by atoms with van der Waals surface area (Å²) >= 11 is 0. The molecule has 1 amide bonds. The molecular formula is C20H20N4O4. The second-order valence-corrected chi connectivity index (χ2v) is 5.82. The number of nitrogens with zero attached hydrogens (tertiary/aromatic N) is 3. The molecule has 0 saturated carbocycles. The Balaban J connectivity index is 1.66. The second-order valence-electron chi connectivity index (χ2n) is 5.82. The lowest BCUT2D eigenvalue weighted by atomic mass is 10.1. The Morgan fingerprint density at radius 1 is 1.07 bits per heavy atom. The molecule has 3 rings (SSSR count). The molecule has 0 radical (unpaired) electrons. The van der Waals surface area contributed by atoms with Crippen LogP contribution in [0, 0.1) is 0 Å². The van der Waals surface area contributed by atoms with Crippen molar-refractivity contribution in [3.05, 3.63) is 65.2 Å². The summed E-state index contributed by atoms with van der Waals surface area (Å²) in [6, 6.07) is 14.1. The minimum Gasteiger partial charge on any atom is -0.497 e. The molecule has 1 heterocycles. The standard InChI is InChI=1S/C20H20N4O4/c1-3-28-17-10-6-15(7-11-17)22-19(25)13-24-20(26)23-18(12-21-24)14-4-8-16(27-2)9-5-14/h4-12H,3,13H2,1-2H3,(H,22,25). The van der Waals surface area contributed by atoms with E-state index in [0.29, 0.717) is 23.7 Å². The molecular weight excluding hydrogens is 360 g/mol. The monoisotopic (exact) mass is 380 g/mol. The molecule has 0 unspecified atom stereocenters. The first-order chi connectivity index (χ1) is 13.6. The van der Waals surface area contributed by atoms with Gasteiger partial charge in [0.2, 0.25) is 5.91 Å². The number of hydrogen-bond donors (Lipinski definition) is 1. The van der Waals surface area contributed by atoms with Crippen molar-refractivity contribution in [1.29, 1.82) is 0 Å². The number of carbonyl (C=O) groups excluding carboxylic acids is 1. The number of ether oxygens (including phenoxy) is 2. The van der Waals surface area contributed by atoms with E-state index >= 15 is 0 Å². The van der Waals surface area contributed by atoms with Crippen molar-refractivity contribution in [3.8, 4) is 22.8 Å². The zero-order valence-electron chi connectivity index (χ0n) is 15.6. The van der Waals surface area contributed by atoms with Crippen LogP contribution in [0.15, 0.2) is 59.5 Å². The number of aromatic nitrogens is 3. The van der Waals surface area contributed by atoms with Crippen molar-refractivity contribution in [3.63, 3.8) is 0 Å². The number of anilines is 1. The highest BCUT2D eigenvalue weighted by atomic mass is 16.5. The van der Waals surface area contributed by atoms with Crippen molar-refractivity contribution in [2.75, 3.05) is 19.0 Å². The Kier molecular flexibility index (Phi) is 6.01. The van der Waals surface area contributed by atoms with E-state index in [-0.39, 0.29) is 12.5 Å². The molecule has 0 aliphatic heterocycles. The number of carbonyl (C=O) groups is 1. The van der Waals surface area contributed by atoms with Gasteiger partial charge >= 0.3 is 5.69 Å². The Labute approximate surface area is 161 Å². The molecule has 0 atom stereocenters. The van der Waals surface area contributed by atoms with Gasteiger partial charge in [-0.3, -0.25) is 4.79 Å². The van der Waals surface area contributed by atoms with E-state index in [9.17, 15) is 9.59 Å². The summed E-state index contributed by atoms with van der Waals surface area (Å²) in [6.07, 6.45) is 1.45. The van der Waals surface area contributed by atoms with Gasteiger partial charge in [-0.2, -0.15) is 10.1 Å². The van der Waals surface area contributed by atoms with Gasteiger partial charge in [-0.05, 0) is 55.5 Å². The molecule has 144 valence electrons. The topological polar surface area (TPSA) is 95.3 Å². The van der Waals surface area contributed by atoms with Gasteiger partial charge in [-0.25, -0.2) is 9.48 Å². The fourth-order valence-electron chi connectivity index (χ4n) is 2.51. The molecule has 8 nitrogen and oxygen atoms in total. The van der Waals surface area contributed by atoms with E-state index in [1.807, 2.05) is 6.92 Å². The molecule has 3 aromatic rings. The van der Waals surface area contributed by atoms with Gasteiger partial charge in [0.15, 0.2) is 0 Å². The zero-order valence-corrected chi connectivity index (χ0v) is 15.6. The molecule has 0 bridgehead atoms. The van der Waals surface area contributed by atoms with Gasteiger partial charge in [0, 0.05) is 11.3 Å². The quantitative estimate of drug-likeness (QED) is 0.676. The van der Waals surface area contributed by atoms with Gasteiger partial charge in [-0.15, -0.1) is 0 Å². The van der Waals surface area contributed by atoms with E-state index in [4.69, 9.17) is 9.47 Å². The van der Waals surface area contributed by atoms with Crippen molar-refractivity contribution >= 4 is 11.6 Å². The average Bonchev–Trinajstić information content (AvgIpc) is 2.71. The predicted octanol–water partition coefficient (Wildman–Crippen LogP) is 2.35.